The number of phenolic OH excluding ortho intramolecular Hbond substituents is 1. The van der Waals surface area contributed by atoms with Crippen molar-refractivity contribution in [1.82, 2.24) is 0 Å². The number of nitriles is 1. The summed E-state index contributed by atoms with van der Waals surface area (Å²) in [6, 6.07) is 28.8. The molecule has 0 amide bonds. The fraction of sp³-hybridized carbons (Fsp3) is 0. The molecule has 110 valence electrons. The molecule has 0 aliphatic heterocycles. The average Bonchev–Trinajstić information content (AvgIpc) is 2.62. The Balaban J connectivity index is 2.29. The molecule has 0 heterocycles. The quantitative estimate of drug-likeness (QED) is 0.553. The number of hydrogen-bond acceptors (Lipinski definition) is 2. The van der Waals surface area contributed by atoms with Crippen molar-refractivity contribution in [2.75, 3.05) is 0 Å². The van der Waals surface area contributed by atoms with Crippen molar-refractivity contribution in [2.24, 2.45) is 0 Å². The minimum absolute atomic E-state index is 0.208. The standard InChI is InChI=1S/C21H15NO/c22-15-20(16-7-3-1-4-8-16)21(17-9-5-2-6-10-17)18-11-13-19(23)14-12-18/h1-14,23H/b21-20-. The lowest BCUT2D eigenvalue weighted by Gasteiger charge is -2.12. The van der Waals surface area contributed by atoms with Crippen LogP contribution in [0.1, 0.15) is 16.7 Å². The highest BCUT2D eigenvalue weighted by Crippen LogP contribution is 2.32. The minimum Gasteiger partial charge on any atom is -0.508 e. The Morgan fingerprint density at radius 3 is 1.65 bits per heavy atom. The Hall–Kier alpha value is -3.31. The lowest BCUT2D eigenvalue weighted by molar-refractivity contribution is 0.475. The van der Waals surface area contributed by atoms with Crippen molar-refractivity contribution in [3.8, 4) is 11.8 Å². The van der Waals surface area contributed by atoms with Gasteiger partial charge in [-0.3, -0.25) is 0 Å². The lowest BCUT2D eigenvalue weighted by Crippen LogP contribution is -1.93. The van der Waals surface area contributed by atoms with Crippen LogP contribution in [0, 0.1) is 11.3 Å². The Labute approximate surface area is 135 Å². The Bertz CT molecular complexity index is 857. The van der Waals surface area contributed by atoms with Gasteiger partial charge in [0.05, 0.1) is 5.57 Å². The highest BCUT2D eigenvalue weighted by atomic mass is 16.3. The third-order valence-electron chi connectivity index (χ3n) is 3.64. The molecule has 0 saturated carbocycles. The van der Waals surface area contributed by atoms with Gasteiger partial charge in [0.1, 0.15) is 11.8 Å². The molecule has 3 aromatic carbocycles. The van der Waals surface area contributed by atoms with Crippen molar-refractivity contribution >= 4 is 11.1 Å². The fourth-order valence-corrected chi connectivity index (χ4v) is 2.56. The van der Waals surface area contributed by atoms with Crippen LogP contribution in [0.3, 0.4) is 0 Å². The summed E-state index contributed by atoms with van der Waals surface area (Å²) in [5.74, 6) is 0.208. The van der Waals surface area contributed by atoms with Gasteiger partial charge in [-0.2, -0.15) is 5.26 Å². The summed E-state index contributed by atoms with van der Waals surface area (Å²) in [6.45, 7) is 0. The van der Waals surface area contributed by atoms with Crippen LogP contribution in [0.2, 0.25) is 0 Å². The third kappa shape index (κ3) is 3.14. The van der Waals surface area contributed by atoms with E-state index in [0.717, 1.165) is 22.3 Å². The molecule has 2 nitrogen and oxygen atoms in total. The molecule has 0 aliphatic rings. The molecule has 0 atom stereocenters. The third-order valence-corrected chi connectivity index (χ3v) is 3.64. The van der Waals surface area contributed by atoms with Crippen molar-refractivity contribution in [3.63, 3.8) is 0 Å². The molecule has 3 aromatic rings. The maximum absolute atomic E-state index is 9.77. The molecule has 0 aliphatic carbocycles. The van der Waals surface area contributed by atoms with E-state index in [-0.39, 0.29) is 5.75 Å². The zero-order valence-electron chi connectivity index (χ0n) is 12.5. The molecular weight excluding hydrogens is 282 g/mol. The van der Waals surface area contributed by atoms with E-state index < -0.39 is 0 Å². The lowest BCUT2D eigenvalue weighted by atomic mass is 9.90. The van der Waals surface area contributed by atoms with Gasteiger partial charge in [-0.05, 0) is 28.8 Å². The summed E-state index contributed by atoms with van der Waals surface area (Å²) >= 11 is 0. The van der Waals surface area contributed by atoms with Crippen molar-refractivity contribution in [2.45, 2.75) is 0 Å². The molecule has 3 rings (SSSR count). The smallest absolute Gasteiger partial charge is 0.115 e. The maximum Gasteiger partial charge on any atom is 0.115 e. The van der Waals surface area contributed by atoms with E-state index >= 15 is 0 Å². The molecule has 0 fully saturated rings. The minimum atomic E-state index is 0.208. The second kappa shape index (κ2) is 6.64. The Morgan fingerprint density at radius 2 is 1.13 bits per heavy atom. The van der Waals surface area contributed by atoms with Gasteiger partial charge < -0.3 is 5.11 Å². The number of allylic oxidation sites excluding steroid dienone is 1. The Kier molecular flexibility index (Phi) is 4.22. The monoisotopic (exact) mass is 297 g/mol. The molecule has 1 N–H and O–H groups in total. The highest BCUT2D eigenvalue weighted by Gasteiger charge is 2.13. The van der Waals surface area contributed by atoms with Crippen molar-refractivity contribution in [1.29, 1.82) is 5.26 Å². The van der Waals surface area contributed by atoms with E-state index in [1.54, 1.807) is 12.1 Å². The average molecular weight is 297 g/mol. The van der Waals surface area contributed by atoms with Crippen LogP contribution in [-0.2, 0) is 0 Å². The van der Waals surface area contributed by atoms with Gasteiger partial charge in [-0.1, -0.05) is 72.8 Å². The van der Waals surface area contributed by atoms with E-state index in [0.29, 0.717) is 5.57 Å². The van der Waals surface area contributed by atoms with Gasteiger partial charge in [-0.15, -0.1) is 0 Å². The van der Waals surface area contributed by atoms with E-state index in [1.807, 2.05) is 72.8 Å². The number of phenols is 1. The van der Waals surface area contributed by atoms with Crippen LogP contribution in [0.25, 0.3) is 11.1 Å². The summed E-state index contributed by atoms with van der Waals surface area (Å²) in [5, 5.41) is 19.3. The van der Waals surface area contributed by atoms with Crippen LogP contribution in [0.5, 0.6) is 5.75 Å². The predicted molar refractivity (Wildman–Crippen MR) is 92.5 cm³/mol. The molecule has 0 bridgehead atoms. The number of nitrogens with zero attached hydrogens (tertiary/aromatic N) is 1. The molecule has 0 radical (unpaired) electrons. The zero-order chi connectivity index (χ0) is 16.1. The van der Waals surface area contributed by atoms with Crippen LogP contribution in [0.15, 0.2) is 84.9 Å². The molecule has 0 aromatic heterocycles. The molecular formula is C21H15NO. The highest BCUT2D eigenvalue weighted by molar-refractivity contribution is 6.03. The van der Waals surface area contributed by atoms with Gasteiger partial charge in [0, 0.05) is 5.57 Å². The first-order valence-electron chi connectivity index (χ1n) is 7.34. The Morgan fingerprint density at radius 1 is 0.652 bits per heavy atom. The van der Waals surface area contributed by atoms with E-state index in [4.69, 9.17) is 0 Å². The van der Waals surface area contributed by atoms with E-state index in [9.17, 15) is 10.4 Å². The molecule has 0 saturated heterocycles. The summed E-state index contributed by atoms with van der Waals surface area (Å²) in [5.41, 5.74) is 4.22. The predicted octanol–water partition coefficient (Wildman–Crippen LogP) is 4.87. The van der Waals surface area contributed by atoms with Gasteiger partial charge in [0.15, 0.2) is 0 Å². The normalized spacial score (nSPS) is 11.4. The molecule has 23 heavy (non-hydrogen) atoms. The van der Waals surface area contributed by atoms with Crippen LogP contribution in [-0.4, -0.2) is 5.11 Å². The number of rotatable bonds is 3. The molecule has 0 spiro atoms. The first-order valence-corrected chi connectivity index (χ1v) is 7.34. The second-order valence-electron chi connectivity index (χ2n) is 5.14. The van der Waals surface area contributed by atoms with Crippen molar-refractivity contribution in [3.05, 3.63) is 102 Å². The summed E-state index contributed by atoms with van der Waals surface area (Å²) < 4.78 is 0. The van der Waals surface area contributed by atoms with Gasteiger partial charge in [0.2, 0.25) is 0 Å². The maximum atomic E-state index is 9.77. The molecule has 0 unspecified atom stereocenters. The zero-order valence-corrected chi connectivity index (χ0v) is 12.5. The van der Waals surface area contributed by atoms with Gasteiger partial charge >= 0.3 is 0 Å². The summed E-state index contributed by atoms with van der Waals surface area (Å²) in [4.78, 5) is 0. The summed E-state index contributed by atoms with van der Waals surface area (Å²) in [6.07, 6.45) is 0. The fourth-order valence-electron chi connectivity index (χ4n) is 2.56. The first-order chi connectivity index (χ1) is 11.3. The van der Waals surface area contributed by atoms with E-state index in [2.05, 4.69) is 6.07 Å². The number of benzene rings is 3. The van der Waals surface area contributed by atoms with Crippen LogP contribution >= 0.6 is 0 Å². The SMILES string of the molecule is N#C/C(=C(\c1ccccc1)c1ccc(O)cc1)c1ccccc1. The second-order valence-corrected chi connectivity index (χ2v) is 5.14. The molecule has 2 heteroatoms. The number of hydrogen-bond donors (Lipinski definition) is 1. The topological polar surface area (TPSA) is 44.0 Å². The van der Waals surface area contributed by atoms with Gasteiger partial charge in [0.25, 0.3) is 0 Å². The summed E-state index contributed by atoms with van der Waals surface area (Å²) in [7, 11) is 0. The number of aromatic hydroxyl groups is 1. The largest absolute Gasteiger partial charge is 0.508 e. The van der Waals surface area contributed by atoms with Gasteiger partial charge in [-0.25, -0.2) is 0 Å². The van der Waals surface area contributed by atoms with Crippen molar-refractivity contribution < 1.29 is 5.11 Å². The van der Waals surface area contributed by atoms with Crippen LogP contribution < -0.4 is 0 Å². The first kappa shape index (κ1) is 14.6. The van der Waals surface area contributed by atoms with E-state index in [1.165, 1.54) is 0 Å². The van der Waals surface area contributed by atoms with Crippen LogP contribution in [0.4, 0.5) is 0 Å².